The second-order valence-electron chi connectivity index (χ2n) is 3.35. The molecule has 0 aromatic heterocycles. The van der Waals surface area contributed by atoms with Crippen molar-refractivity contribution >= 4 is 13.6 Å². The van der Waals surface area contributed by atoms with Crippen LogP contribution in [0.5, 0.6) is 0 Å². The van der Waals surface area contributed by atoms with Gasteiger partial charge in [0.05, 0.1) is 0 Å². The van der Waals surface area contributed by atoms with Crippen molar-refractivity contribution in [3.05, 3.63) is 34.4 Å². The lowest BCUT2D eigenvalue weighted by molar-refractivity contribution is -0.111. The molecule has 0 atom stereocenters. The first-order valence-corrected chi connectivity index (χ1v) is 6.65. The summed E-state index contributed by atoms with van der Waals surface area (Å²) >= 11 is 0. The van der Waals surface area contributed by atoms with Crippen LogP contribution >= 0.6 is 7.82 Å². The van der Waals surface area contributed by atoms with E-state index >= 15 is 0 Å². The Bertz CT molecular complexity index is 510. The van der Waals surface area contributed by atoms with Crippen molar-refractivity contribution in [2.45, 2.75) is 26.7 Å². The Morgan fingerprint density at radius 3 is 2.35 bits per heavy atom. The highest BCUT2D eigenvalue weighted by Gasteiger charge is 2.23. The van der Waals surface area contributed by atoms with E-state index in [-0.39, 0.29) is 11.5 Å². The molecule has 0 spiro atoms. The van der Waals surface area contributed by atoms with Gasteiger partial charge in [-0.3, -0.25) is 14.6 Å². The van der Waals surface area contributed by atoms with Gasteiger partial charge in [0, 0.05) is 17.2 Å². The highest BCUT2D eigenvalue weighted by Crippen LogP contribution is 2.41. The standard InChI is InChI=1S/C11H13O5P/c1-3-8-9(4-2)11(16-17(13,14)15)7-5-6-10(8)12/h6H,3-4H2,1-2H3,(H2,13,14,15). The normalized spacial score (nSPS) is 16.0. The first kappa shape index (κ1) is 13.7. The van der Waals surface area contributed by atoms with E-state index in [1.807, 2.05) is 0 Å². The summed E-state index contributed by atoms with van der Waals surface area (Å²) in [4.78, 5) is 29.2. The topological polar surface area (TPSA) is 83.8 Å². The fourth-order valence-electron chi connectivity index (χ4n) is 1.57. The van der Waals surface area contributed by atoms with Gasteiger partial charge in [0.1, 0.15) is 0 Å². The Balaban J connectivity index is 3.31. The van der Waals surface area contributed by atoms with Gasteiger partial charge in [-0.2, -0.15) is 0 Å². The van der Waals surface area contributed by atoms with Crippen LogP contribution in [0.1, 0.15) is 26.7 Å². The third-order valence-corrected chi connectivity index (χ3v) is 2.66. The zero-order valence-corrected chi connectivity index (χ0v) is 10.5. The third kappa shape index (κ3) is 3.57. The molecular formula is C11H13O5P. The number of phosphoric acid groups is 1. The minimum atomic E-state index is -4.66. The summed E-state index contributed by atoms with van der Waals surface area (Å²) in [6.45, 7) is 3.56. The van der Waals surface area contributed by atoms with Crippen LogP contribution in [0.3, 0.4) is 0 Å². The Morgan fingerprint density at radius 2 is 1.88 bits per heavy atom. The number of allylic oxidation sites excluding steroid dienone is 3. The van der Waals surface area contributed by atoms with E-state index in [1.165, 1.54) is 6.08 Å². The van der Waals surface area contributed by atoms with Gasteiger partial charge in [-0.1, -0.05) is 19.6 Å². The highest BCUT2D eigenvalue weighted by atomic mass is 31.2. The van der Waals surface area contributed by atoms with Gasteiger partial charge in [-0.25, -0.2) is 4.57 Å². The second kappa shape index (κ2) is 5.33. The first-order valence-electron chi connectivity index (χ1n) is 5.12. The maximum Gasteiger partial charge on any atom is 0.525 e. The van der Waals surface area contributed by atoms with Crippen molar-refractivity contribution < 1.29 is 23.7 Å². The van der Waals surface area contributed by atoms with E-state index in [2.05, 4.69) is 16.0 Å². The Kier molecular flexibility index (Phi) is 4.30. The molecule has 6 heteroatoms. The molecule has 0 amide bonds. The molecule has 5 nitrogen and oxygen atoms in total. The zero-order valence-electron chi connectivity index (χ0n) is 9.56. The predicted octanol–water partition coefficient (Wildman–Crippen LogP) is 1.99. The molecule has 0 aromatic rings. The van der Waals surface area contributed by atoms with Gasteiger partial charge in [0.15, 0.2) is 11.5 Å². The van der Waals surface area contributed by atoms with Crippen molar-refractivity contribution in [3.8, 4) is 0 Å². The fraction of sp³-hybridized carbons (Fsp3) is 0.364. The summed E-state index contributed by atoms with van der Waals surface area (Å²) in [7, 11) is -4.66. The lowest BCUT2D eigenvalue weighted by atomic mass is 9.99. The summed E-state index contributed by atoms with van der Waals surface area (Å²) in [6.07, 6.45) is 2.06. The summed E-state index contributed by atoms with van der Waals surface area (Å²) in [5.74, 6) is -0.346. The van der Waals surface area contributed by atoms with E-state index < -0.39 is 7.82 Å². The number of hydrogen-bond acceptors (Lipinski definition) is 3. The Labute approximate surface area is 99.0 Å². The molecular weight excluding hydrogens is 243 g/mol. The van der Waals surface area contributed by atoms with E-state index in [0.29, 0.717) is 24.0 Å². The van der Waals surface area contributed by atoms with Gasteiger partial charge in [-0.15, -0.1) is 0 Å². The maximum atomic E-state index is 11.6. The van der Waals surface area contributed by atoms with Crippen LogP contribution in [-0.4, -0.2) is 15.6 Å². The average molecular weight is 256 g/mol. The summed E-state index contributed by atoms with van der Waals surface area (Å²) in [6, 6.07) is 0. The summed E-state index contributed by atoms with van der Waals surface area (Å²) in [5, 5.41) is 0. The van der Waals surface area contributed by atoms with Gasteiger partial charge in [0.25, 0.3) is 0 Å². The lowest BCUT2D eigenvalue weighted by Crippen LogP contribution is -2.04. The van der Waals surface area contributed by atoms with E-state index in [9.17, 15) is 9.36 Å². The lowest BCUT2D eigenvalue weighted by Gasteiger charge is -2.13. The third-order valence-electron chi connectivity index (χ3n) is 2.24. The number of carbonyl (C=O) groups is 1. The van der Waals surface area contributed by atoms with Crippen molar-refractivity contribution in [1.29, 1.82) is 0 Å². The molecule has 1 rings (SSSR count). The van der Waals surface area contributed by atoms with Crippen LogP contribution < -0.4 is 0 Å². The van der Waals surface area contributed by atoms with E-state index in [1.54, 1.807) is 13.8 Å². The molecule has 0 bridgehead atoms. The Hall–Kier alpha value is -1.34. The van der Waals surface area contributed by atoms with Gasteiger partial charge in [0.2, 0.25) is 0 Å². The summed E-state index contributed by atoms with van der Waals surface area (Å²) < 4.78 is 15.3. The minimum absolute atomic E-state index is 0.111. The zero-order chi connectivity index (χ0) is 13.1. The molecule has 92 valence electrons. The first-order chi connectivity index (χ1) is 7.89. The maximum absolute atomic E-state index is 11.6. The van der Waals surface area contributed by atoms with Gasteiger partial charge in [-0.05, 0) is 18.6 Å². The molecule has 0 saturated heterocycles. The quantitative estimate of drug-likeness (QED) is 0.593. The predicted molar refractivity (Wildman–Crippen MR) is 60.9 cm³/mol. The number of carbonyl (C=O) groups excluding carboxylic acids is 1. The molecule has 0 unspecified atom stereocenters. The van der Waals surface area contributed by atoms with Gasteiger partial charge >= 0.3 is 7.82 Å². The van der Waals surface area contributed by atoms with Gasteiger partial charge < -0.3 is 4.52 Å². The van der Waals surface area contributed by atoms with Crippen molar-refractivity contribution in [3.63, 3.8) is 0 Å². The number of hydrogen-bond donors (Lipinski definition) is 2. The molecule has 0 saturated carbocycles. The second-order valence-corrected chi connectivity index (χ2v) is 4.52. The highest BCUT2D eigenvalue weighted by molar-refractivity contribution is 7.46. The number of phosphoric ester groups is 1. The van der Waals surface area contributed by atoms with E-state index in [0.717, 1.165) is 0 Å². The largest absolute Gasteiger partial charge is 0.525 e. The molecule has 2 N–H and O–H groups in total. The molecule has 0 aliphatic heterocycles. The smallest absolute Gasteiger partial charge is 0.395 e. The molecule has 0 radical (unpaired) electrons. The van der Waals surface area contributed by atoms with Crippen LogP contribution in [-0.2, 0) is 13.9 Å². The average Bonchev–Trinajstić information content (AvgIpc) is 2.35. The molecule has 0 fully saturated rings. The molecule has 0 aromatic carbocycles. The van der Waals surface area contributed by atoms with E-state index in [4.69, 9.17) is 9.79 Å². The van der Waals surface area contributed by atoms with Crippen LogP contribution in [0.15, 0.2) is 34.4 Å². The SMILES string of the molecule is CCC1=C(CC)C(OP(=O)(O)O)=C=C=CC1=O. The van der Waals surface area contributed by atoms with Crippen molar-refractivity contribution in [1.82, 2.24) is 0 Å². The Morgan fingerprint density at radius 1 is 1.29 bits per heavy atom. The van der Waals surface area contributed by atoms with Crippen LogP contribution in [0, 0.1) is 0 Å². The molecule has 1 aliphatic carbocycles. The number of ketones is 1. The monoisotopic (exact) mass is 256 g/mol. The van der Waals surface area contributed by atoms with Crippen molar-refractivity contribution in [2.24, 2.45) is 0 Å². The molecule has 17 heavy (non-hydrogen) atoms. The minimum Gasteiger partial charge on any atom is -0.395 e. The van der Waals surface area contributed by atoms with Crippen LogP contribution in [0.2, 0.25) is 0 Å². The number of rotatable bonds is 4. The van der Waals surface area contributed by atoms with Crippen LogP contribution in [0.25, 0.3) is 0 Å². The fourth-order valence-corrected chi connectivity index (χ4v) is 1.97. The summed E-state index contributed by atoms with van der Waals surface area (Å²) in [5.41, 5.74) is 5.80. The van der Waals surface area contributed by atoms with Crippen LogP contribution in [0.4, 0.5) is 0 Å². The molecule has 1 aliphatic rings. The van der Waals surface area contributed by atoms with Crippen molar-refractivity contribution in [2.75, 3.05) is 0 Å². The molecule has 0 heterocycles.